The van der Waals surface area contributed by atoms with Gasteiger partial charge in [0.05, 0.1) is 11.6 Å². The molecule has 0 aromatic heterocycles. The molecule has 1 aromatic rings. The molecule has 3 nitrogen and oxygen atoms in total. The maximum Gasteiger partial charge on any atom is 0.0994 e. The molecule has 0 radical (unpaired) electrons. The van der Waals surface area contributed by atoms with Crippen LogP contribution >= 0.6 is 0 Å². The smallest absolute Gasteiger partial charge is 0.0994 e. The third-order valence-corrected chi connectivity index (χ3v) is 4.33. The van der Waals surface area contributed by atoms with Gasteiger partial charge in [0.25, 0.3) is 0 Å². The first-order valence-corrected chi connectivity index (χ1v) is 6.90. The maximum atomic E-state index is 9.28. The molecule has 1 fully saturated rings. The van der Waals surface area contributed by atoms with Gasteiger partial charge in [0.15, 0.2) is 0 Å². The molecule has 0 unspecified atom stereocenters. The minimum absolute atomic E-state index is 0.838. The molecule has 1 aromatic carbocycles. The molecule has 2 aliphatic rings. The van der Waals surface area contributed by atoms with Gasteiger partial charge in [0.2, 0.25) is 0 Å². The minimum atomic E-state index is 0.838. The van der Waals surface area contributed by atoms with Crippen LogP contribution in [0.15, 0.2) is 17.7 Å². The number of benzene rings is 1. The van der Waals surface area contributed by atoms with Gasteiger partial charge in [0.1, 0.15) is 0 Å². The van der Waals surface area contributed by atoms with Crippen LogP contribution < -0.4 is 10.2 Å². The zero-order valence-corrected chi connectivity index (χ0v) is 11.6. The SMILES string of the molecule is CC1=C(C)c2c(N3CCNCC3)ccc(C#N)c2C1. The molecule has 19 heavy (non-hydrogen) atoms. The zero-order chi connectivity index (χ0) is 13.4. The number of piperazine rings is 1. The number of nitrogens with one attached hydrogen (secondary N) is 1. The van der Waals surface area contributed by atoms with Gasteiger partial charge in [0, 0.05) is 37.4 Å². The second kappa shape index (κ2) is 4.71. The Morgan fingerprint density at radius 1 is 1.21 bits per heavy atom. The van der Waals surface area contributed by atoms with Gasteiger partial charge >= 0.3 is 0 Å². The standard InChI is InChI=1S/C16H19N3/c1-11-9-14-13(10-17)3-4-15(16(14)12(11)2)19-7-5-18-6-8-19/h3-4,18H,5-9H2,1-2H3. The van der Waals surface area contributed by atoms with Gasteiger partial charge in [-0.15, -0.1) is 0 Å². The highest BCUT2D eigenvalue weighted by Crippen LogP contribution is 2.40. The third kappa shape index (κ3) is 1.93. The van der Waals surface area contributed by atoms with Crippen molar-refractivity contribution in [2.75, 3.05) is 31.1 Å². The Morgan fingerprint density at radius 2 is 1.95 bits per heavy atom. The van der Waals surface area contributed by atoms with Crippen molar-refractivity contribution in [3.8, 4) is 6.07 Å². The van der Waals surface area contributed by atoms with E-state index in [1.807, 2.05) is 6.07 Å². The molecule has 1 aliphatic heterocycles. The first kappa shape index (κ1) is 12.3. The number of rotatable bonds is 1. The number of nitrogens with zero attached hydrogens (tertiary/aromatic N) is 2. The summed E-state index contributed by atoms with van der Waals surface area (Å²) in [5.41, 5.74) is 7.46. The van der Waals surface area contributed by atoms with Gasteiger partial charge in [-0.2, -0.15) is 5.26 Å². The van der Waals surface area contributed by atoms with Crippen LogP contribution in [-0.2, 0) is 6.42 Å². The van der Waals surface area contributed by atoms with Gasteiger partial charge in [-0.3, -0.25) is 0 Å². The average molecular weight is 253 g/mol. The minimum Gasteiger partial charge on any atom is -0.368 e. The predicted molar refractivity (Wildman–Crippen MR) is 78.2 cm³/mol. The lowest BCUT2D eigenvalue weighted by Gasteiger charge is -2.31. The van der Waals surface area contributed by atoms with Gasteiger partial charge in [-0.1, -0.05) is 5.57 Å². The molecular weight excluding hydrogens is 234 g/mol. The van der Waals surface area contributed by atoms with E-state index < -0.39 is 0 Å². The Kier molecular flexibility index (Phi) is 3.04. The molecule has 1 heterocycles. The molecular formula is C16H19N3. The Balaban J connectivity index is 2.12. The van der Waals surface area contributed by atoms with Crippen molar-refractivity contribution in [1.82, 2.24) is 5.32 Å². The second-order valence-electron chi connectivity index (χ2n) is 5.42. The van der Waals surface area contributed by atoms with Crippen molar-refractivity contribution < 1.29 is 0 Å². The van der Waals surface area contributed by atoms with Crippen LogP contribution in [0.4, 0.5) is 5.69 Å². The van der Waals surface area contributed by atoms with E-state index in [1.54, 1.807) is 0 Å². The van der Waals surface area contributed by atoms with Crippen LogP contribution in [0.2, 0.25) is 0 Å². The number of fused-ring (bicyclic) bond motifs is 1. The number of hydrogen-bond donors (Lipinski definition) is 1. The molecule has 0 atom stereocenters. The Hall–Kier alpha value is -1.79. The molecule has 0 amide bonds. The number of allylic oxidation sites excluding steroid dienone is 2. The summed E-state index contributed by atoms with van der Waals surface area (Å²) in [6.07, 6.45) is 0.935. The second-order valence-corrected chi connectivity index (χ2v) is 5.42. The molecule has 3 rings (SSSR count). The summed E-state index contributed by atoms with van der Waals surface area (Å²) in [4.78, 5) is 2.44. The number of anilines is 1. The van der Waals surface area contributed by atoms with Crippen molar-refractivity contribution in [3.05, 3.63) is 34.4 Å². The fourth-order valence-electron chi connectivity index (χ4n) is 3.12. The lowest BCUT2D eigenvalue weighted by atomic mass is 9.98. The van der Waals surface area contributed by atoms with Crippen LogP contribution in [0, 0.1) is 11.3 Å². The van der Waals surface area contributed by atoms with Crippen LogP contribution in [0.25, 0.3) is 5.57 Å². The van der Waals surface area contributed by atoms with Gasteiger partial charge in [-0.05, 0) is 43.5 Å². The largest absolute Gasteiger partial charge is 0.368 e. The fourth-order valence-corrected chi connectivity index (χ4v) is 3.12. The molecule has 1 aliphatic carbocycles. The topological polar surface area (TPSA) is 39.1 Å². The highest BCUT2D eigenvalue weighted by Gasteiger charge is 2.25. The van der Waals surface area contributed by atoms with E-state index in [2.05, 4.69) is 36.2 Å². The third-order valence-electron chi connectivity index (χ3n) is 4.33. The van der Waals surface area contributed by atoms with E-state index in [9.17, 15) is 5.26 Å². The van der Waals surface area contributed by atoms with E-state index in [1.165, 1.54) is 28.0 Å². The van der Waals surface area contributed by atoms with E-state index in [-0.39, 0.29) is 0 Å². The van der Waals surface area contributed by atoms with Crippen LogP contribution in [0.3, 0.4) is 0 Å². The first-order valence-electron chi connectivity index (χ1n) is 6.90. The molecule has 98 valence electrons. The van der Waals surface area contributed by atoms with Crippen LogP contribution in [0.5, 0.6) is 0 Å². The Bertz CT molecular complexity index is 587. The lowest BCUT2D eigenvalue weighted by molar-refractivity contribution is 0.589. The van der Waals surface area contributed by atoms with Crippen LogP contribution in [-0.4, -0.2) is 26.2 Å². The molecule has 3 heteroatoms. The van der Waals surface area contributed by atoms with Gasteiger partial charge in [-0.25, -0.2) is 0 Å². The predicted octanol–water partition coefficient (Wildman–Crippen LogP) is 2.32. The van der Waals surface area contributed by atoms with Crippen molar-refractivity contribution in [2.24, 2.45) is 0 Å². The zero-order valence-electron chi connectivity index (χ0n) is 11.6. The summed E-state index contributed by atoms with van der Waals surface area (Å²) in [7, 11) is 0. The highest BCUT2D eigenvalue weighted by molar-refractivity contribution is 5.85. The lowest BCUT2D eigenvalue weighted by Crippen LogP contribution is -2.43. The quantitative estimate of drug-likeness (QED) is 0.835. The van der Waals surface area contributed by atoms with Crippen LogP contribution in [0.1, 0.15) is 30.5 Å². The Labute approximate surface area is 114 Å². The van der Waals surface area contributed by atoms with Crippen molar-refractivity contribution in [3.63, 3.8) is 0 Å². The van der Waals surface area contributed by atoms with Crippen molar-refractivity contribution >= 4 is 11.3 Å². The van der Waals surface area contributed by atoms with E-state index in [0.717, 1.165) is 38.2 Å². The molecule has 0 spiro atoms. The molecule has 1 saturated heterocycles. The summed E-state index contributed by atoms with van der Waals surface area (Å²) in [5, 5.41) is 12.7. The van der Waals surface area contributed by atoms with E-state index in [4.69, 9.17) is 0 Å². The van der Waals surface area contributed by atoms with Crippen molar-refractivity contribution in [1.29, 1.82) is 5.26 Å². The normalized spacial score (nSPS) is 18.5. The summed E-state index contributed by atoms with van der Waals surface area (Å²) in [5.74, 6) is 0. The Morgan fingerprint density at radius 3 is 2.63 bits per heavy atom. The molecule has 0 bridgehead atoms. The summed E-state index contributed by atoms with van der Waals surface area (Å²) in [6.45, 7) is 8.54. The van der Waals surface area contributed by atoms with E-state index in [0.29, 0.717) is 0 Å². The van der Waals surface area contributed by atoms with E-state index >= 15 is 0 Å². The molecule has 0 saturated carbocycles. The summed E-state index contributed by atoms with van der Waals surface area (Å²) >= 11 is 0. The number of nitriles is 1. The monoisotopic (exact) mass is 253 g/mol. The highest BCUT2D eigenvalue weighted by atomic mass is 15.2. The maximum absolute atomic E-state index is 9.28. The van der Waals surface area contributed by atoms with Crippen molar-refractivity contribution in [2.45, 2.75) is 20.3 Å². The average Bonchev–Trinajstić information content (AvgIpc) is 2.75. The molecule has 1 N–H and O–H groups in total. The fraction of sp³-hybridized carbons (Fsp3) is 0.438. The van der Waals surface area contributed by atoms with Gasteiger partial charge < -0.3 is 10.2 Å². The first-order chi connectivity index (χ1) is 9.22. The summed E-state index contributed by atoms with van der Waals surface area (Å²) < 4.78 is 0. The number of hydrogen-bond acceptors (Lipinski definition) is 3. The summed E-state index contributed by atoms with van der Waals surface area (Å²) in [6, 6.07) is 6.46.